The van der Waals surface area contributed by atoms with E-state index in [9.17, 15) is 14.4 Å². The first-order valence-electron chi connectivity index (χ1n) is 5.13. The molecule has 1 rings (SSSR count). The number of likely N-dealkylation sites (N-methyl/N-ethyl adjacent to an activating group) is 1. The van der Waals surface area contributed by atoms with Crippen LogP contribution in [0, 0.1) is 0 Å². The SMILES string of the molecule is CCN1CC(=O)N(CCC(=O)NN)CC1=O. The predicted molar refractivity (Wildman–Crippen MR) is 55.8 cm³/mol. The molecule has 0 aromatic heterocycles. The fourth-order valence-electron chi connectivity index (χ4n) is 1.50. The standard InChI is InChI=1S/C9H16N4O3/c1-2-12-5-9(16)13(6-8(12)15)4-3-7(14)11-10/h2-6,10H2,1H3,(H,11,14). The lowest BCUT2D eigenvalue weighted by atomic mass is 10.2. The Hall–Kier alpha value is -1.63. The molecule has 1 aliphatic rings. The second-order valence-corrected chi connectivity index (χ2v) is 3.54. The molecule has 0 spiro atoms. The second kappa shape index (κ2) is 5.45. The first-order chi connectivity index (χ1) is 7.58. The zero-order valence-corrected chi connectivity index (χ0v) is 9.23. The normalized spacial score (nSPS) is 16.6. The number of nitrogens with zero attached hydrogens (tertiary/aromatic N) is 2. The van der Waals surface area contributed by atoms with Crippen LogP contribution in [0.25, 0.3) is 0 Å². The number of carbonyl (C=O) groups excluding carboxylic acids is 3. The molecule has 1 fully saturated rings. The highest BCUT2D eigenvalue weighted by atomic mass is 16.2. The van der Waals surface area contributed by atoms with E-state index in [-0.39, 0.29) is 43.8 Å². The van der Waals surface area contributed by atoms with E-state index >= 15 is 0 Å². The van der Waals surface area contributed by atoms with Crippen molar-refractivity contribution in [3.63, 3.8) is 0 Å². The Balaban J connectivity index is 2.47. The number of carbonyl (C=O) groups is 3. The van der Waals surface area contributed by atoms with Gasteiger partial charge in [-0.05, 0) is 6.92 Å². The summed E-state index contributed by atoms with van der Waals surface area (Å²) in [5.41, 5.74) is 1.98. The Kier molecular flexibility index (Phi) is 4.24. The number of hydrazine groups is 1. The molecule has 1 heterocycles. The maximum atomic E-state index is 11.6. The number of amides is 3. The number of rotatable bonds is 4. The minimum atomic E-state index is -0.349. The topological polar surface area (TPSA) is 95.7 Å². The number of nitrogens with two attached hydrogens (primary N) is 1. The van der Waals surface area contributed by atoms with Crippen LogP contribution in [-0.2, 0) is 14.4 Å². The van der Waals surface area contributed by atoms with Crippen molar-refractivity contribution in [3.05, 3.63) is 0 Å². The van der Waals surface area contributed by atoms with Crippen molar-refractivity contribution in [2.45, 2.75) is 13.3 Å². The highest BCUT2D eigenvalue weighted by molar-refractivity contribution is 5.92. The van der Waals surface area contributed by atoms with Crippen LogP contribution in [0.5, 0.6) is 0 Å². The van der Waals surface area contributed by atoms with Gasteiger partial charge >= 0.3 is 0 Å². The smallest absolute Gasteiger partial charge is 0.242 e. The van der Waals surface area contributed by atoms with Crippen LogP contribution in [0.4, 0.5) is 0 Å². The molecule has 0 saturated carbocycles. The van der Waals surface area contributed by atoms with Gasteiger partial charge in [-0.25, -0.2) is 5.84 Å². The second-order valence-electron chi connectivity index (χ2n) is 3.54. The van der Waals surface area contributed by atoms with Crippen molar-refractivity contribution in [2.24, 2.45) is 5.84 Å². The molecule has 0 aliphatic carbocycles. The van der Waals surface area contributed by atoms with Gasteiger partial charge in [-0.1, -0.05) is 0 Å². The predicted octanol–water partition coefficient (Wildman–Crippen LogP) is -1.94. The molecule has 90 valence electrons. The average Bonchev–Trinajstić information content (AvgIpc) is 2.29. The highest BCUT2D eigenvalue weighted by Crippen LogP contribution is 2.05. The molecule has 0 radical (unpaired) electrons. The maximum Gasteiger partial charge on any atom is 0.242 e. The number of hydrogen-bond donors (Lipinski definition) is 2. The number of nitrogens with one attached hydrogen (secondary N) is 1. The van der Waals surface area contributed by atoms with Gasteiger partial charge in [0, 0.05) is 19.5 Å². The monoisotopic (exact) mass is 228 g/mol. The van der Waals surface area contributed by atoms with Crippen LogP contribution in [0.3, 0.4) is 0 Å². The summed E-state index contributed by atoms with van der Waals surface area (Å²) in [5.74, 6) is 4.35. The molecule has 1 saturated heterocycles. The van der Waals surface area contributed by atoms with Crippen molar-refractivity contribution in [1.29, 1.82) is 0 Å². The average molecular weight is 228 g/mol. The van der Waals surface area contributed by atoms with Gasteiger partial charge in [-0.3, -0.25) is 19.8 Å². The van der Waals surface area contributed by atoms with Gasteiger partial charge in [0.2, 0.25) is 17.7 Å². The number of piperazine rings is 1. The van der Waals surface area contributed by atoms with Crippen LogP contribution in [0.1, 0.15) is 13.3 Å². The summed E-state index contributed by atoms with van der Waals surface area (Å²) in [6, 6.07) is 0. The van der Waals surface area contributed by atoms with Crippen molar-refractivity contribution >= 4 is 17.7 Å². The molecule has 0 unspecified atom stereocenters. The van der Waals surface area contributed by atoms with Gasteiger partial charge in [0.25, 0.3) is 0 Å². The molecule has 0 atom stereocenters. The first-order valence-corrected chi connectivity index (χ1v) is 5.13. The lowest BCUT2D eigenvalue weighted by Crippen LogP contribution is -2.54. The van der Waals surface area contributed by atoms with Crippen molar-refractivity contribution in [2.75, 3.05) is 26.2 Å². The molecule has 3 amide bonds. The molecule has 7 nitrogen and oxygen atoms in total. The minimum absolute atomic E-state index is 0.0462. The van der Waals surface area contributed by atoms with Crippen LogP contribution in [0.15, 0.2) is 0 Å². The zero-order chi connectivity index (χ0) is 12.1. The molecular formula is C9H16N4O3. The van der Waals surface area contributed by atoms with E-state index in [2.05, 4.69) is 0 Å². The summed E-state index contributed by atoms with van der Waals surface area (Å²) in [5, 5.41) is 0. The fourth-order valence-corrected chi connectivity index (χ4v) is 1.50. The van der Waals surface area contributed by atoms with Crippen LogP contribution in [-0.4, -0.2) is 53.7 Å². The van der Waals surface area contributed by atoms with Crippen LogP contribution >= 0.6 is 0 Å². The molecule has 3 N–H and O–H groups in total. The van der Waals surface area contributed by atoms with Gasteiger partial charge in [0.1, 0.15) is 0 Å². The third-order valence-corrected chi connectivity index (χ3v) is 2.51. The van der Waals surface area contributed by atoms with E-state index in [0.717, 1.165) is 0 Å². The van der Waals surface area contributed by atoms with E-state index in [1.807, 2.05) is 12.3 Å². The van der Waals surface area contributed by atoms with Gasteiger partial charge in [0.05, 0.1) is 13.1 Å². The summed E-state index contributed by atoms with van der Waals surface area (Å²) in [6.07, 6.45) is 0.113. The highest BCUT2D eigenvalue weighted by Gasteiger charge is 2.28. The Bertz CT molecular complexity index is 305. The lowest BCUT2D eigenvalue weighted by Gasteiger charge is -2.33. The Morgan fingerprint density at radius 2 is 1.88 bits per heavy atom. The quantitative estimate of drug-likeness (QED) is 0.332. The molecule has 0 bridgehead atoms. The molecule has 0 aromatic rings. The maximum absolute atomic E-state index is 11.6. The van der Waals surface area contributed by atoms with E-state index in [1.54, 1.807) is 0 Å². The first kappa shape index (κ1) is 12.4. The van der Waals surface area contributed by atoms with Gasteiger partial charge < -0.3 is 9.80 Å². The molecule has 0 aromatic carbocycles. The Morgan fingerprint density at radius 1 is 1.31 bits per heavy atom. The Morgan fingerprint density at radius 3 is 2.44 bits per heavy atom. The third kappa shape index (κ3) is 2.93. The van der Waals surface area contributed by atoms with Crippen LogP contribution < -0.4 is 11.3 Å². The molecular weight excluding hydrogens is 212 g/mol. The summed E-state index contributed by atoms with van der Waals surface area (Å²) < 4.78 is 0. The summed E-state index contributed by atoms with van der Waals surface area (Å²) in [4.78, 5) is 36.8. The Labute approximate surface area is 93.5 Å². The van der Waals surface area contributed by atoms with E-state index in [4.69, 9.17) is 5.84 Å². The molecule has 7 heteroatoms. The van der Waals surface area contributed by atoms with Gasteiger partial charge in [0.15, 0.2) is 0 Å². The molecule has 16 heavy (non-hydrogen) atoms. The number of hydrogen-bond acceptors (Lipinski definition) is 4. The zero-order valence-electron chi connectivity index (χ0n) is 9.23. The fraction of sp³-hybridized carbons (Fsp3) is 0.667. The summed E-state index contributed by atoms with van der Waals surface area (Å²) in [6.45, 7) is 2.72. The van der Waals surface area contributed by atoms with Crippen molar-refractivity contribution < 1.29 is 14.4 Å². The van der Waals surface area contributed by atoms with Gasteiger partial charge in [-0.2, -0.15) is 0 Å². The van der Waals surface area contributed by atoms with Crippen molar-refractivity contribution in [3.8, 4) is 0 Å². The van der Waals surface area contributed by atoms with Crippen LogP contribution in [0.2, 0.25) is 0 Å². The lowest BCUT2D eigenvalue weighted by molar-refractivity contribution is -0.150. The van der Waals surface area contributed by atoms with E-state index in [0.29, 0.717) is 6.54 Å². The minimum Gasteiger partial charge on any atom is -0.332 e. The molecule has 1 aliphatic heterocycles. The van der Waals surface area contributed by atoms with Crippen molar-refractivity contribution in [1.82, 2.24) is 15.2 Å². The largest absolute Gasteiger partial charge is 0.332 e. The summed E-state index contributed by atoms with van der Waals surface area (Å²) in [7, 11) is 0. The third-order valence-electron chi connectivity index (χ3n) is 2.51. The van der Waals surface area contributed by atoms with Gasteiger partial charge in [-0.15, -0.1) is 0 Å². The summed E-state index contributed by atoms with van der Waals surface area (Å²) >= 11 is 0. The van der Waals surface area contributed by atoms with E-state index < -0.39 is 0 Å². The van der Waals surface area contributed by atoms with E-state index in [1.165, 1.54) is 9.80 Å².